The zero-order valence-electron chi connectivity index (χ0n) is 35.1. The number of anilines is 2. The van der Waals surface area contributed by atoms with Crippen LogP contribution in [0.4, 0.5) is 10.3 Å². The third-order valence-electron chi connectivity index (χ3n) is 9.40. The number of esters is 1. The van der Waals surface area contributed by atoms with Gasteiger partial charge >= 0.3 is 23.9 Å². The Kier molecular flexibility index (Phi) is 16.1. The Morgan fingerprint density at radius 2 is 1.28 bits per heavy atom. The van der Waals surface area contributed by atoms with E-state index in [1.165, 1.54) is 83.4 Å². The van der Waals surface area contributed by atoms with Gasteiger partial charge in [-0.3, -0.25) is 38.6 Å². The van der Waals surface area contributed by atoms with Crippen LogP contribution in [0.1, 0.15) is 28.9 Å². The summed E-state index contributed by atoms with van der Waals surface area (Å²) in [7, 11) is 2.52. The van der Waals surface area contributed by atoms with Gasteiger partial charge in [0.15, 0.2) is 26.0 Å². The van der Waals surface area contributed by atoms with Crippen LogP contribution in [0.3, 0.4) is 0 Å². The number of thioether (sulfide) groups is 3. The van der Waals surface area contributed by atoms with Crippen LogP contribution in [0.25, 0.3) is 0 Å². The van der Waals surface area contributed by atoms with Crippen LogP contribution in [0.5, 0.6) is 0 Å². The number of aliphatic carboxylic acids is 3. The molecule has 0 aliphatic carbocycles. The normalized spacial score (nSPS) is 20.1. The Morgan fingerprint density at radius 3 is 1.70 bits per heavy atom. The van der Waals surface area contributed by atoms with Crippen molar-refractivity contribution in [1.29, 1.82) is 0 Å². The van der Waals surface area contributed by atoms with Crippen molar-refractivity contribution in [3.63, 3.8) is 0 Å². The number of aromatic nitrogens is 3. The number of ether oxygens (including phenoxy) is 1. The molecule has 4 atom stereocenters. The van der Waals surface area contributed by atoms with Gasteiger partial charge in [-0.25, -0.2) is 24.5 Å². The lowest BCUT2D eigenvalue weighted by atomic mass is 10.0. The van der Waals surface area contributed by atoms with Gasteiger partial charge in [-0.05, 0) is 12.5 Å². The number of nitrogens with one attached hydrogen (secondary N) is 2. The van der Waals surface area contributed by atoms with Crippen molar-refractivity contribution in [3.8, 4) is 0 Å². The Labute approximate surface area is 402 Å². The van der Waals surface area contributed by atoms with E-state index in [2.05, 4.69) is 40.7 Å². The van der Waals surface area contributed by atoms with E-state index in [0.717, 1.165) is 27.6 Å². The van der Waals surface area contributed by atoms with Crippen LogP contribution in [0.15, 0.2) is 48.0 Å². The molecule has 3 aromatic heterocycles. The maximum Gasteiger partial charge on any atom is 0.352 e. The first-order chi connectivity index (χ1) is 31.8. The Bertz CT molecular complexity index is 2660. The van der Waals surface area contributed by atoms with E-state index in [1.807, 2.05) is 0 Å². The lowest BCUT2D eigenvalue weighted by Gasteiger charge is -2.49. The number of amides is 4. The first-order valence-corrected chi connectivity index (χ1v) is 24.5. The van der Waals surface area contributed by atoms with E-state index in [1.54, 1.807) is 6.92 Å². The number of oxime groups is 2. The van der Waals surface area contributed by atoms with Gasteiger partial charge in [-0.15, -0.1) is 57.5 Å². The molecule has 9 N–H and O–H groups in total. The van der Waals surface area contributed by atoms with E-state index >= 15 is 0 Å². The molecule has 3 aromatic rings. The molecule has 0 spiro atoms. The summed E-state index contributed by atoms with van der Waals surface area (Å²) in [5, 5.41) is 43.2. The molecule has 4 aliphatic rings. The third kappa shape index (κ3) is 11.1. The summed E-state index contributed by atoms with van der Waals surface area (Å²) in [4.78, 5) is 122. The molecule has 0 unspecified atom stereocenters. The Hall–Kier alpha value is -6.28. The molecule has 0 radical (unpaired) electrons. The summed E-state index contributed by atoms with van der Waals surface area (Å²) in [6.07, 6.45) is -0.132. The van der Waals surface area contributed by atoms with Gasteiger partial charge in [0, 0.05) is 45.4 Å². The SMILES string of the molecule is CO/N=C(\C(=O)N[C@@H]1C(=O)N2C(C(=O)O)=C(COC(C)=O)CS[C@H]12)c1csc(N)n1.CO/N=C(\C(=O)N[C@@H]1C(=O)N2C(C(=O)O)=C(CSc3nc(C)c(CC(=O)O)s3)CS[C@H]12)c1csc(N)n1. The van der Waals surface area contributed by atoms with Crippen molar-refractivity contribution in [1.82, 2.24) is 35.4 Å². The quantitative estimate of drug-likeness (QED) is 0.0316. The molecule has 0 saturated carbocycles. The lowest BCUT2D eigenvalue weighted by Crippen LogP contribution is -2.71. The monoisotopic (exact) mass is 1040 g/mol. The van der Waals surface area contributed by atoms with Crippen molar-refractivity contribution in [2.75, 3.05) is 49.6 Å². The molecule has 7 heterocycles. The van der Waals surface area contributed by atoms with Crippen LogP contribution in [0.2, 0.25) is 0 Å². The summed E-state index contributed by atoms with van der Waals surface area (Å²) in [5.41, 5.74) is 12.4. The number of carboxylic acids is 3. The highest BCUT2D eigenvalue weighted by molar-refractivity contribution is 8.02. The molecule has 31 heteroatoms. The van der Waals surface area contributed by atoms with Crippen LogP contribution >= 0.6 is 69.3 Å². The number of fused-ring (bicyclic) bond motifs is 2. The van der Waals surface area contributed by atoms with Gasteiger partial charge in [0.05, 0.1) is 12.1 Å². The number of nitrogens with two attached hydrogens (primary N) is 2. The van der Waals surface area contributed by atoms with Gasteiger partial charge in [-0.2, -0.15) is 0 Å². The fourth-order valence-electron chi connectivity index (χ4n) is 6.49. The number of thiazole rings is 3. The molecule has 25 nitrogen and oxygen atoms in total. The molecular weight excluding hydrogens is 1000 g/mol. The highest BCUT2D eigenvalue weighted by Gasteiger charge is 2.56. The van der Waals surface area contributed by atoms with Crippen LogP contribution < -0.4 is 22.1 Å². The maximum absolute atomic E-state index is 13.0. The minimum Gasteiger partial charge on any atom is -0.481 e. The lowest BCUT2D eigenvalue weighted by molar-refractivity contribution is -0.150. The number of carbonyl (C=O) groups is 8. The molecule has 2 saturated heterocycles. The Morgan fingerprint density at radius 1 is 0.806 bits per heavy atom. The highest BCUT2D eigenvalue weighted by Crippen LogP contribution is 2.43. The minimum atomic E-state index is -1.32. The number of hydrogen-bond acceptors (Lipinski definition) is 24. The first kappa shape index (κ1) is 50.1. The largest absolute Gasteiger partial charge is 0.481 e. The first-order valence-electron chi connectivity index (χ1n) is 18.9. The average molecular weight is 1040 g/mol. The van der Waals surface area contributed by atoms with Crippen molar-refractivity contribution < 1.29 is 68.1 Å². The van der Waals surface area contributed by atoms with E-state index in [0.29, 0.717) is 31.8 Å². The average Bonchev–Trinajstić information content (AvgIpc) is 4.01. The van der Waals surface area contributed by atoms with Crippen LogP contribution in [-0.4, -0.2) is 160 Å². The van der Waals surface area contributed by atoms with Gasteiger partial charge in [0.25, 0.3) is 23.6 Å². The van der Waals surface area contributed by atoms with Crippen molar-refractivity contribution >= 4 is 138 Å². The summed E-state index contributed by atoms with van der Waals surface area (Å²) < 4.78 is 5.49. The van der Waals surface area contributed by atoms with E-state index in [4.69, 9.17) is 26.1 Å². The fraction of sp³-hybridized carbons (Fsp3) is 0.361. The van der Waals surface area contributed by atoms with E-state index in [-0.39, 0.29) is 69.0 Å². The van der Waals surface area contributed by atoms with E-state index < -0.39 is 70.3 Å². The second kappa shape index (κ2) is 21.6. The molecule has 2 fully saturated rings. The second-order valence-corrected chi connectivity index (χ2v) is 20.0. The predicted octanol–water partition coefficient (Wildman–Crippen LogP) is 0.376. The topological polar surface area (TPSA) is 371 Å². The molecule has 0 bridgehead atoms. The van der Waals surface area contributed by atoms with Crippen molar-refractivity contribution in [3.05, 3.63) is 55.3 Å². The van der Waals surface area contributed by atoms with Crippen LogP contribution in [-0.2, 0) is 59.2 Å². The summed E-state index contributed by atoms with van der Waals surface area (Å²) in [6, 6.07) is -1.93. The zero-order valence-corrected chi connectivity index (χ0v) is 40.0. The maximum atomic E-state index is 13.0. The summed E-state index contributed by atoms with van der Waals surface area (Å²) >= 11 is 7.33. The molecule has 4 aliphatic heterocycles. The van der Waals surface area contributed by atoms with Gasteiger partial charge < -0.3 is 51.8 Å². The molecule has 0 aromatic carbocycles. The second-order valence-electron chi connectivity index (χ2n) is 13.8. The predicted molar refractivity (Wildman–Crippen MR) is 245 cm³/mol. The number of rotatable bonds is 17. The fourth-order valence-corrected chi connectivity index (χ4v) is 12.6. The van der Waals surface area contributed by atoms with Gasteiger partial charge in [0.1, 0.15) is 66.4 Å². The molecule has 356 valence electrons. The van der Waals surface area contributed by atoms with E-state index in [9.17, 15) is 48.6 Å². The number of nitrogens with zero attached hydrogens (tertiary/aromatic N) is 7. The van der Waals surface area contributed by atoms with Crippen molar-refractivity contribution in [2.24, 2.45) is 10.3 Å². The summed E-state index contributed by atoms with van der Waals surface area (Å²) in [6.45, 7) is 2.70. The highest BCUT2D eigenvalue weighted by atomic mass is 32.2. The zero-order chi connectivity index (χ0) is 48.9. The number of carboxylic acid groups (broad SMARTS) is 3. The number of β-lactam (4-membered cyclic amide) rings is 2. The smallest absolute Gasteiger partial charge is 0.352 e. The standard InChI is InChI=1S/C20H20N6O7S4.C16H17N5O7S2/c1-7-10(3-11(27)28)37-20(22-7)36-5-8-4-34-17-13(16(30)26(17)14(8)18(31)32)24-15(29)12(25-33-2)9-6-35-19(21)23-9;1-6(22)28-3-7-4-29-14-10(13(24)21(14)11(7)15(25)26)19-12(23)9(20-27-2)8-5-30-16(17)18-8/h6,13,17H,3-5H2,1-2H3,(H2,21,23)(H,24,29)(H,27,28)(H,31,32);5,10,14H,3-4H2,1-2H3,(H2,17,18)(H,19,23)(H,25,26)/b25-12-;20-9-/t13-,17-;10-,14-/m11/s1. The number of nitrogen functional groups attached to an aromatic ring is 2. The van der Waals surface area contributed by atoms with Gasteiger partial charge in [-0.1, -0.05) is 22.1 Å². The van der Waals surface area contributed by atoms with Crippen LogP contribution in [0, 0.1) is 6.92 Å². The molecule has 7 rings (SSSR count). The number of carbonyl (C=O) groups excluding carboxylic acids is 5. The Balaban J connectivity index is 0.000000226. The third-order valence-corrected chi connectivity index (χ3v) is 15.8. The number of hydrogen-bond donors (Lipinski definition) is 7. The molecule has 4 amide bonds. The minimum absolute atomic E-state index is 0.121. The number of aryl methyl sites for hydroxylation is 1. The molecule has 67 heavy (non-hydrogen) atoms. The van der Waals surface area contributed by atoms with Crippen molar-refractivity contribution in [2.45, 2.75) is 47.4 Å². The van der Waals surface area contributed by atoms with Gasteiger partial charge in [0.2, 0.25) is 0 Å². The molecular formula is C36H37N11O14S6. The summed E-state index contributed by atoms with van der Waals surface area (Å²) in [5.74, 6) is -5.87.